The summed E-state index contributed by atoms with van der Waals surface area (Å²) in [5, 5.41) is 4.14. The first kappa shape index (κ1) is 23.0. The number of sulfonamides is 1. The predicted octanol–water partition coefficient (Wildman–Crippen LogP) is 4.59. The Morgan fingerprint density at radius 2 is 1.85 bits per heavy atom. The van der Waals surface area contributed by atoms with Crippen molar-refractivity contribution in [1.82, 2.24) is 5.43 Å². The summed E-state index contributed by atoms with van der Waals surface area (Å²) in [6.45, 7) is 6.94. The number of allylic oxidation sites excluding steroid dienone is 2. The fourth-order valence-electron chi connectivity index (χ4n) is 4.56. The van der Waals surface area contributed by atoms with Gasteiger partial charge in [-0.25, -0.2) is 13.8 Å². The number of anilines is 1. The van der Waals surface area contributed by atoms with Gasteiger partial charge in [0.25, 0.3) is 15.9 Å². The van der Waals surface area contributed by atoms with Crippen molar-refractivity contribution in [3.05, 3.63) is 65.7 Å². The summed E-state index contributed by atoms with van der Waals surface area (Å²) in [6.07, 6.45) is 6.21. The molecule has 33 heavy (non-hydrogen) atoms. The molecular formula is C25H29N3O4S. The van der Waals surface area contributed by atoms with Crippen molar-refractivity contribution in [2.75, 3.05) is 11.3 Å². The van der Waals surface area contributed by atoms with E-state index in [9.17, 15) is 13.2 Å². The highest BCUT2D eigenvalue weighted by atomic mass is 32.2. The highest BCUT2D eigenvalue weighted by Gasteiger charge is 2.50. The second kappa shape index (κ2) is 9.02. The first-order valence-corrected chi connectivity index (χ1v) is 12.6. The van der Waals surface area contributed by atoms with Crippen LogP contribution in [0.3, 0.4) is 0 Å². The van der Waals surface area contributed by atoms with Crippen LogP contribution in [0.2, 0.25) is 0 Å². The Hall–Kier alpha value is -3.13. The summed E-state index contributed by atoms with van der Waals surface area (Å²) in [7, 11) is -3.75. The van der Waals surface area contributed by atoms with Crippen molar-refractivity contribution < 1.29 is 17.9 Å². The van der Waals surface area contributed by atoms with Gasteiger partial charge in [0.2, 0.25) is 0 Å². The number of hydrogen-bond acceptors (Lipinski definition) is 5. The van der Waals surface area contributed by atoms with Crippen molar-refractivity contribution in [3.8, 4) is 5.75 Å². The quantitative estimate of drug-likeness (QED) is 0.438. The fourth-order valence-corrected chi connectivity index (χ4v) is 5.62. The summed E-state index contributed by atoms with van der Waals surface area (Å²) in [6, 6.07) is 12.4. The third-order valence-corrected chi connectivity index (χ3v) is 8.13. The van der Waals surface area contributed by atoms with Crippen LogP contribution in [0.5, 0.6) is 5.75 Å². The number of fused-ring (bicyclic) bond motifs is 1. The molecule has 174 valence electrons. The molecule has 0 saturated heterocycles. The van der Waals surface area contributed by atoms with Crippen LogP contribution in [0, 0.1) is 17.3 Å². The minimum atomic E-state index is -3.75. The number of hydrazone groups is 1. The number of carbonyl (C=O) groups excluding carboxylic acids is 1. The lowest BCUT2D eigenvalue weighted by Gasteiger charge is -2.55. The molecule has 3 aliphatic carbocycles. The number of rotatable bonds is 8. The normalized spacial score (nSPS) is 21.1. The summed E-state index contributed by atoms with van der Waals surface area (Å²) >= 11 is 0. The fraction of sp³-hybridized carbons (Fsp3) is 0.360. The van der Waals surface area contributed by atoms with Gasteiger partial charge in [0, 0.05) is 11.3 Å². The third kappa shape index (κ3) is 4.80. The summed E-state index contributed by atoms with van der Waals surface area (Å²) < 4.78 is 33.1. The molecule has 2 bridgehead atoms. The molecule has 7 nitrogen and oxygen atoms in total. The second-order valence-electron chi connectivity index (χ2n) is 9.03. The van der Waals surface area contributed by atoms with E-state index in [1.807, 2.05) is 6.92 Å². The van der Waals surface area contributed by atoms with Crippen LogP contribution in [-0.2, 0) is 10.0 Å². The van der Waals surface area contributed by atoms with Gasteiger partial charge in [0.05, 0.1) is 17.7 Å². The molecule has 5 rings (SSSR count). The molecule has 1 saturated carbocycles. The van der Waals surface area contributed by atoms with Crippen LogP contribution in [0.15, 0.2) is 70.2 Å². The Morgan fingerprint density at radius 3 is 2.45 bits per heavy atom. The molecule has 2 aromatic rings. The second-order valence-corrected chi connectivity index (χ2v) is 10.7. The molecule has 0 heterocycles. The molecule has 0 radical (unpaired) electrons. The highest BCUT2D eigenvalue weighted by molar-refractivity contribution is 7.92. The van der Waals surface area contributed by atoms with E-state index in [0.29, 0.717) is 34.9 Å². The number of nitrogens with one attached hydrogen (secondary N) is 2. The molecular weight excluding hydrogens is 438 g/mol. The molecule has 2 aromatic carbocycles. The molecule has 0 unspecified atom stereocenters. The Kier molecular flexibility index (Phi) is 6.30. The SMILES string of the molecule is CCOc1ccc(S(=O)(=O)Nc2ccc(C(=O)N/N=C/C3=CC[C@H]4C[C@H]3C4(C)C)cc2)cc1. The molecule has 2 N–H and O–H groups in total. The number of hydrogen-bond donors (Lipinski definition) is 2. The summed E-state index contributed by atoms with van der Waals surface area (Å²) in [5.74, 6) is 1.50. The zero-order valence-electron chi connectivity index (χ0n) is 19.0. The number of benzene rings is 2. The summed E-state index contributed by atoms with van der Waals surface area (Å²) in [4.78, 5) is 12.5. The molecule has 0 aliphatic heterocycles. The zero-order valence-corrected chi connectivity index (χ0v) is 19.9. The van der Waals surface area contributed by atoms with Gasteiger partial charge in [-0.3, -0.25) is 9.52 Å². The Morgan fingerprint density at radius 1 is 1.15 bits per heavy atom. The van der Waals surface area contributed by atoms with Gasteiger partial charge >= 0.3 is 0 Å². The molecule has 1 amide bonds. The maximum Gasteiger partial charge on any atom is 0.271 e. The van der Waals surface area contributed by atoms with E-state index in [-0.39, 0.29) is 10.8 Å². The van der Waals surface area contributed by atoms with E-state index in [4.69, 9.17) is 4.74 Å². The van der Waals surface area contributed by atoms with Gasteiger partial charge in [-0.2, -0.15) is 5.10 Å². The van der Waals surface area contributed by atoms with Crippen LogP contribution in [0.1, 0.15) is 44.0 Å². The Balaban J connectivity index is 1.35. The van der Waals surface area contributed by atoms with Crippen molar-refractivity contribution in [2.24, 2.45) is 22.4 Å². The predicted molar refractivity (Wildman–Crippen MR) is 129 cm³/mol. The standard InChI is InChI=1S/C25H29N3O4S/c1-4-32-21-11-13-22(14-12-21)33(30,31)28-20-9-6-17(7-10-20)24(29)27-26-16-18-5-8-19-15-23(18)25(19,2)3/h5-7,9-14,16,19,23,28H,4,8,15H2,1-3H3,(H,27,29)/b26-16+/t19-,23+/m0/s1. The number of nitrogens with zero attached hydrogens (tertiary/aromatic N) is 1. The van der Waals surface area contributed by atoms with Crippen LogP contribution in [0.25, 0.3) is 0 Å². The van der Waals surface area contributed by atoms with E-state index in [0.717, 1.165) is 12.3 Å². The number of amides is 1. The first-order valence-electron chi connectivity index (χ1n) is 11.1. The van der Waals surface area contributed by atoms with Crippen molar-refractivity contribution >= 4 is 27.8 Å². The van der Waals surface area contributed by atoms with Crippen LogP contribution in [-0.4, -0.2) is 27.1 Å². The lowest BCUT2D eigenvalue weighted by molar-refractivity contribution is -0.00126. The minimum absolute atomic E-state index is 0.125. The largest absolute Gasteiger partial charge is 0.494 e. The lowest BCUT2D eigenvalue weighted by Crippen LogP contribution is -2.48. The van der Waals surface area contributed by atoms with Gasteiger partial charge in [0.15, 0.2) is 0 Å². The van der Waals surface area contributed by atoms with Gasteiger partial charge < -0.3 is 4.74 Å². The maximum absolute atomic E-state index is 12.6. The topological polar surface area (TPSA) is 96.9 Å². The molecule has 1 fully saturated rings. The van der Waals surface area contributed by atoms with E-state index in [2.05, 4.69) is 35.2 Å². The van der Waals surface area contributed by atoms with Crippen molar-refractivity contribution in [2.45, 2.75) is 38.5 Å². The summed E-state index contributed by atoms with van der Waals surface area (Å²) in [5.41, 5.74) is 4.79. The Bertz CT molecular complexity index is 1180. The van der Waals surface area contributed by atoms with Gasteiger partial charge in [-0.05, 0) is 91.1 Å². The van der Waals surface area contributed by atoms with Crippen LogP contribution < -0.4 is 14.9 Å². The maximum atomic E-state index is 12.6. The molecule has 3 aliphatic rings. The molecule has 0 aromatic heterocycles. The Labute approximate surface area is 195 Å². The molecule has 2 atom stereocenters. The lowest BCUT2D eigenvalue weighted by atomic mass is 9.49. The van der Waals surface area contributed by atoms with Gasteiger partial charge in [-0.15, -0.1) is 0 Å². The average Bonchev–Trinajstić information content (AvgIpc) is 2.80. The van der Waals surface area contributed by atoms with Crippen molar-refractivity contribution in [1.29, 1.82) is 0 Å². The number of carbonyl (C=O) groups is 1. The van der Waals surface area contributed by atoms with Crippen LogP contribution in [0.4, 0.5) is 5.69 Å². The van der Waals surface area contributed by atoms with E-state index in [1.54, 1.807) is 42.6 Å². The van der Waals surface area contributed by atoms with Crippen LogP contribution >= 0.6 is 0 Å². The van der Waals surface area contributed by atoms with Gasteiger partial charge in [0.1, 0.15) is 5.75 Å². The average molecular weight is 468 g/mol. The first-order chi connectivity index (χ1) is 15.7. The smallest absolute Gasteiger partial charge is 0.271 e. The molecule has 8 heteroatoms. The van der Waals surface area contributed by atoms with E-state index in [1.165, 1.54) is 24.1 Å². The number of ether oxygens (including phenoxy) is 1. The monoisotopic (exact) mass is 467 g/mol. The van der Waals surface area contributed by atoms with E-state index < -0.39 is 10.0 Å². The zero-order chi connectivity index (χ0) is 23.6. The highest BCUT2D eigenvalue weighted by Crippen LogP contribution is 2.58. The minimum Gasteiger partial charge on any atom is -0.494 e. The van der Waals surface area contributed by atoms with Crippen molar-refractivity contribution in [3.63, 3.8) is 0 Å². The van der Waals surface area contributed by atoms with E-state index >= 15 is 0 Å². The van der Waals surface area contributed by atoms with Gasteiger partial charge in [-0.1, -0.05) is 19.9 Å². The third-order valence-electron chi connectivity index (χ3n) is 6.74. The molecule has 0 spiro atoms.